The van der Waals surface area contributed by atoms with Crippen molar-refractivity contribution in [2.45, 2.75) is 0 Å². The van der Waals surface area contributed by atoms with Crippen molar-refractivity contribution in [1.29, 1.82) is 0 Å². The molecule has 0 fully saturated rings. The summed E-state index contributed by atoms with van der Waals surface area (Å²) in [7, 11) is 1.57. The first-order valence-corrected chi connectivity index (χ1v) is 4.66. The summed E-state index contributed by atoms with van der Waals surface area (Å²) in [6.45, 7) is 4.67. The maximum Gasteiger partial charge on any atom is 0.245 e. The molecule has 7 nitrogen and oxygen atoms in total. The quantitative estimate of drug-likeness (QED) is 0.143. The van der Waals surface area contributed by atoms with Gasteiger partial charge in [0.25, 0.3) is 0 Å². The van der Waals surface area contributed by atoms with Gasteiger partial charge in [0.1, 0.15) is 0 Å². The third kappa shape index (κ3) is 41.6. The van der Waals surface area contributed by atoms with E-state index in [1.807, 2.05) is 6.08 Å². The molecule has 96 valence electrons. The van der Waals surface area contributed by atoms with Crippen LogP contribution in [0.25, 0.3) is 0 Å². The van der Waals surface area contributed by atoms with Crippen LogP contribution in [-0.4, -0.2) is 50.4 Å². The fraction of sp³-hybridized carbons (Fsp3) is 0.667. The van der Waals surface area contributed by atoms with Crippen LogP contribution in [0.15, 0.2) is 12.7 Å². The molecule has 0 aromatic heterocycles. The second kappa shape index (κ2) is 10.3. The summed E-state index contributed by atoms with van der Waals surface area (Å²) in [6.07, 6.45) is 1.93. The largest absolute Gasteiger partial charge is 1.00 e. The number of hydrogen-bond donors (Lipinski definition) is 2. The van der Waals surface area contributed by atoms with Gasteiger partial charge in [-0.1, -0.05) is 6.58 Å². The molecule has 0 aliphatic carbocycles. The molecule has 0 saturated heterocycles. The molecule has 0 aliphatic rings. The second-order valence-electron chi connectivity index (χ2n) is 3.24. The van der Waals surface area contributed by atoms with Gasteiger partial charge in [0.15, 0.2) is 0 Å². The van der Waals surface area contributed by atoms with Crippen LogP contribution in [-0.2, 0) is 14.7 Å². The monoisotopic (exact) mass is 266 g/mol. The Morgan fingerprint density at radius 1 is 1.47 bits per heavy atom. The topological polar surface area (TPSA) is 123 Å². The number of halogens is 1. The maximum atomic E-state index is 8.97. The van der Waals surface area contributed by atoms with Crippen molar-refractivity contribution in [2.75, 3.05) is 27.7 Å². The molecule has 0 radical (unpaired) electrons. The van der Waals surface area contributed by atoms with E-state index in [9.17, 15) is 0 Å². The summed E-state index contributed by atoms with van der Waals surface area (Å²) in [5.41, 5.74) is 0. The highest BCUT2D eigenvalue weighted by atomic mass is 35.5. The van der Waals surface area contributed by atoms with Crippen molar-refractivity contribution in [3.05, 3.63) is 12.7 Å². The highest BCUT2D eigenvalue weighted by Gasteiger charge is 1.99. The van der Waals surface area contributed by atoms with E-state index in [0.717, 1.165) is 11.0 Å². The molecule has 0 aromatic rings. The van der Waals surface area contributed by atoms with Crippen LogP contribution >= 0.6 is 0 Å². The third-order valence-electron chi connectivity index (χ3n) is 0.768. The van der Waals surface area contributed by atoms with E-state index in [1.165, 1.54) is 0 Å². The van der Waals surface area contributed by atoms with Gasteiger partial charge < -0.3 is 27.6 Å². The van der Waals surface area contributed by atoms with Crippen molar-refractivity contribution in [3.63, 3.8) is 0 Å². The number of quaternary nitrogens is 2. The highest BCUT2D eigenvalue weighted by Crippen LogP contribution is 1.86. The van der Waals surface area contributed by atoms with Crippen molar-refractivity contribution >= 4 is 10.4 Å². The first-order chi connectivity index (χ1) is 5.62. The van der Waals surface area contributed by atoms with Gasteiger partial charge in [0.05, 0.1) is 27.7 Å². The van der Waals surface area contributed by atoms with Crippen LogP contribution in [0, 0.1) is 0 Å². The lowest BCUT2D eigenvalue weighted by atomic mass is 10.5. The normalized spacial score (nSPS) is 9.93. The molecule has 9 heteroatoms. The maximum absolute atomic E-state index is 8.97. The minimum Gasteiger partial charge on any atom is -1.00 e. The zero-order chi connectivity index (χ0) is 11.1. The molecule has 15 heavy (non-hydrogen) atoms. The van der Waals surface area contributed by atoms with E-state index >= 15 is 0 Å². The van der Waals surface area contributed by atoms with Crippen molar-refractivity contribution in [3.8, 4) is 0 Å². The summed E-state index contributed by atoms with van der Waals surface area (Å²) in [5, 5.41) is 7.00. The van der Waals surface area contributed by atoms with E-state index in [2.05, 4.69) is 32.1 Å². The molecule has 0 unspecified atom stereocenters. The minimum absolute atomic E-state index is 0. The second-order valence-corrected chi connectivity index (χ2v) is 4.21. The highest BCUT2D eigenvalue weighted by molar-refractivity contribution is 7.80. The van der Waals surface area contributed by atoms with Crippen LogP contribution in [0.1, 0.15) is 0 Å². The van der Waals surface area contributed by atoms with E-state index < -0.39 is 10.4 Å². The van der Waals surface area contributed by atoms with E-state index in [1.54, 1.807) is 0 Å². The molecule has 0 heterocycles. The first kappa shape index (κ1) is 24.2. The lowest BCUT2D eigenvalue weighted by molar-refractivity contribution is -0.864. The first-order valence-electron chi connectivity index (χ1n) is 3.32. The van der Waals surface area contributed by atoms with Gasteiger partial charge in [-0.3, -0.25) is 0 Å². The third-order valence-corrected chi connectivity index (χ3v) is 0.951. The molecule has 0 amide bonds. The average molecular weight is 267 g/mol. The molecule has 5 N–H and O–H groups in total. The fourth-order valence-electron chi connectivity index (χ4n) is 0.387. The number of likely N-dealkylation sites (N-methyl/N-ethyl adjacent to an activating group) is 1. The number of hydrogen-bond acceptors (Lipinski definition) is 5. The average Bonchev–Trinajstić information content (AvgIpc) is 1.84. The van der Waals surface area contributed by atoms with E-state index in [0.29, 0.717) is 0 Å². The zero-order valence-electron chi connectivity index (χ0n) is 9.31. The van der Waals surface area contributed by atoms with Gasteiger partial charge in [0, 0.05) is 0 Å². The van der Waals surface area contributed by atoms with Gasteiger partial charge in [-0.15, -0.1) is 4.33 Å². The Morgan fingerprint density at radius 3 is 1.73 bits per heavy atom. The smallest absolute Gasteiger partial charge is 0.245 e. The van der Waals surface area contributed by atoms with Gasteiger partial charge >= 0.3 is 0 Å². The van der Waals surface area contributed by atoms with Crippen LogP contribution < -0.4 is 18.6 Å². The van der Waals surface area contributed by atoms with Gasteiger partial charge in [-0.05, 0) is 6.08 Å². The van der Waals surface area contributed by atoms with Crippen LogP contribution in [0.5, 0.6) is 0 Å². The van der Waals surface area contributed by atoms with E-state index in [-0.39, 0.29) is 18.6 Å². The van der Waals surface area contributed by atoms with E-state index in [4.69, 9.17) is 18.2 Å². The molecule has 0 rings (SSSR count). The molecule has 0 bridgehead atoms. The van der Waals surface area contributed by atoms with Crippen molar-refractivity contribution in [2.24, 2.45) is 0 Å². The Kier molecular flexibility index (Phi) is 16.6. The van der Waals surface area contributed by atoms with Crippen molar-refractivity contribution < 1.29 is 39.5 Å². The van der Waals surface area contributed by atoms with Crippen molar-refractivity contribution in [1.82, 2.24) is 6.15 Å². The molecular weight excluding hydrogens is 248 g/mol. The number of nitrogens with zero attached hydrogens (tertiary/aromatic N) is 1. The summed E-state index contributed by atoms with van der Waals surface area (Å²) in [5.74, 6) is 0. The Bertz CT molecular complexity index is 236. The Morgan fingerprint density at radius 2 is 1.73 bits per heavy atom. The van der Waals surface area contributed by atoms with Gasteiger partial charge in [-0.2, -0.15) is 0 Å². The van der Waals surface area contributed by atoms with Crippen LogP contribution in [0.3, 0.4) is 0 Å². The summed E-state index contributed by atoms with van der Waals surface area (Å²) < 4.78 is 30.2. The number of rotatable bonds is 3. The lowest BCUT2D eigenvalue weighted by Gasteiger charge is -2.21. The molecule has 0 aliphatic heterocycles. The molecule has 0 aromatic carbocycles. The SMILES string of the molecule is C=CC[N+](C)(C)C.O=S(=O)([O-])OO.[Cl-].[NH4+]. The van der Waals surface area contributed by atoms with Crippen LogP contribution in [0.4, 0.5) is 0 Å². The molecule has 0 atom stereocenters. The lowest BCUT2D eigenvalue weighted by Crippen LogP contribution is -3.00. The zero-order valence-corrected chi connectivity index (χ0v) is 10.9. The summed E-state index contributed by atoms with van der Waals surface area (Å²) >= 11 is 0. The minimum atomic E-state index is -4.86. The summed E-state index contributed by atoms with van der Waals surface area (Å²) in [4.78, 5) is 0. The van der Waals surface area contributed by atoms with Gasteiger partial charge in [-0.25, -0.2) is 13.7 Å². The molecule has 0 saturated carbocycles. The standard InChI is InChI=1S/C6H14N.ClH.H3N.H2O5S/c1-5-6-7(2,3)4;;;1-5-6(2,3)4/h5H,1,6H2,2-4H3;1H;1H3;1H,(H,2,3,4)/q+1;;;/p-1. The Labute approximate surface area is 96.8 Å². The molecular formula is C6H19ClN2O5S. The Hall–Kier alpha value is -0.220. The van der Waals surface area contributed by atoms with Gasteiger partial charge in [0.2, 0.25) is 10.4 Å². The summed E-state index contributed by atoms with van der Waals surface area (Å²) in [6, 6.07) is 0. The predicted octanol–water partition coefficient (Wildman–Crippen LogP) is -2.80. The molecule has 0 spiro atoms. The fourth-order valence-corrected chi connectivity index (χ4v) is 0.387. The predicted molar refractivity (Wildman–Crippen MR) is 52.5 cm³/mol. The Balaban J connectivity index is -0.0000000718. The van der Waals surface area contributed by atoms with Crippen LogP contribution in [0.2, 0.25) is 0 Å².